The predicted molar refractivity (Wildman–Crippen MR) is 101 cm³/mol. The summed E-state index contributed by atoms with van der Waals surface area (Å²) in [6.07, 6.45) is 0.249. The highest BCUT2D eigenvalue weighted by Gasteiger charge is 2.14. The van der Waals surface area contributed by atoms with Crippen molar-refractivity contribution >= 4 is 28.9 Å². The Morgan fingerprint density at radius 1 is 1.12 bits per heavy atom. The van der Waals surface area contributed by atoms with Crippen LogP contribution in [0, 0.1) is 6.92 Å². The van der Waals surface area contributed by atoms with E-state index in [2.05, 4.69) is 5.32 Å². The van der Waals surface area contributed by atoms with Crippen LogP contribution in [0.2, 0.25) is 0 Å². The Balaban J connectivity index is 1.81. The Hall–Kier alpha value is -2.86. The number of nitrogens with zero attached hydrogens (tertiary/aromatic N) is 1. The average molecular weight is 367 g/mol. The van der Waals surface area contributed by atoms with Crippen LogP contribution in [0.25, 0.3) is 10.6 Å². The zero-order valence-corrected chi connectivity index (χ0v) is 15.2. The lowest BCUT2D eigenvalue weighted by atomic mass is 10.2. The number of thiophene rings is 1. The van der Waals surface area contributed by atoms with Crippen LogP contribution in [0.5, 0.6) is 0 Å². The molecule has 0 aliphatic rings. The Kier molecular flexibility index (Phi) is 5.53. The van der Waals surface area contributed by atoms with Crippen molar-refractivity contribution < 1.29 is 14.7 Å². The summed E-state index contributed by atoms with van der Waals surface area (Å²) in [5, 5.41) is 15.7. The van der Waals surface area contributed by atoms with E-state index in [1.807, 2.05) is 65.4 Å². The summed E-state index contributed by atoms with van der Waals surface area (Å²) < 4.78 is 1.87. The minimum atomic E-state index is -1.10. The third-order valence-corrected chi connectivity index (χ3v) is 4.96. The number of benzene rings is 1. The van der Waals surface area contributed by atoms with Crippen molar-refractivity contribution in [2.24, 2.45) is 0 Å². The van der Waals surface area contributed by atoms with Gasteiger partial charge in [0.2, 0.25) is 5.91 Å². The number of nitrogens with one attached hydrogen (secondary N) is 1. The fourth-order valence-corrected chi connectivity index (χ4v) is 3.53. The second kappa shape index (κ2) is 8.01. The highest BCUT2D eigenvalue weighted by Crippen LogP contribution is 2.27. The molecule has 3 rings (SSSR count). The average Bonchev–Trinajstić information content (AvgIpc) is 3.25. The number of anilines is 1. The highest BCUT2D eigenvalue weighted by molar-refractivity contribution is 7.13. The smallest absolute Gasteiger partial charge is 0.244 e. The van der Waals surface area contributed by atoms with Crippen LogP contribution in [0.1, 0.15) is 17.7 Å². The molecule has 0 aliphatic carbocycles. The van der Waals surface area contributed by atoms with E-state index in [0.29, 0.717) is 6.42 Å². The van der Waals surface area contributed by atoms with Gasteiger partial charge in [0.25, 0.3) is 0 Å². The number of carboxylic acids is 1. The number of carboxylic acid groups (broad SMARTS) is 1. The third kappa shape index (κ3) is 4.40. The lowest BCUT2D eigenvalue weighted by Gasteiger charge is -2.14. The van der Waals surface area contributed by atoms with Crippen molar-refractivity contribution in [3.05, 3.63) is 65.2 Å². The second-order valence-electron chi connectivity index (χ2n) is 6.06. The van der Waals surface area contributed by atoms with Crippen LogP contribution >= 0.6 is 11.3 Å². The Bertz CT molecular complexity index is 896. The van der Waals surface area contributed by atoms with Crippen LogP contribution in [-0.4, -0.2) is 16.4 Å². The molecule has 3 aromatic rings. The zero-order valence-electron chi connectivity index (χ0n) is 14.4. The first-order valence-corrected chi connectivity index (χ1v) is 9.19. The van der Waals surface area contributed by atoms with Gasteiger partial charge in [0.15, 0.2) is 0 Å². The lowest BCUT2D eigenvalue weighted by Crippen LogP contribution is -2.24. The summed E-state index contributed by atoms with van der Waals surface area (Å²) in [6.45, 7) is 2.11. The second-order valence-corrected chi connectivity index (χ2v) is 7.01. The number of aryl methyl sites for hydroxylation is 2. The summed E-state index contributed by atoms with van der Waals surface area (Å²) in [7, 11) is 0. The first kappa shape index (κ1) is 17.9. The van der Waals surface area contributed by atoms with Gasteiger partial charge in [0.1, 0.15) is 6.54 Å². The van der Waals surface area contributed by atoms with E-state index < -0.39 is 5.97 Å². The molecular formula is C20H19N2O3S-. The van der Waals surface area contributed by atoms with Crippen molar-refractivity contribution in [2.45, 2.75) is 26.3 Å². The van der Waals surface area contributed by atoms with Gasteiger partial charge in [-0.25, -0.2) is 0 Å². The van der Waals surface area contributed by atoms with E-state index in [-0.39, 0.29) is 18.9 Å². The number of carbonyl (C=O) groups excluding carboxylic acids is 2. The Morgan fingerprint density at radius 2 is 1.88 bits per heavy atom. The van der Waals surface area contributed by atoms with Crippen LogP contribution in [-0.2, 0) is 22.6 Å². The van der Waals surface area contributed by atoms with E-state index in [0.717, 1.165) is 27.5 Å². The molecule has 0 saturated heterocycles. The maximum Gasteiger partial charge on any atom is 0.244 e. The largest absolute Gasteiger partial charge is 0.550 e. The minimum absolute atomic E-state index is 0.0759. The number of carbonyl (C=O) groups is 2. The van der Waals surface area contributed by atoms with Crippen molar-refractivity contribution in [1.29, 1.82) is 0 Å². The molecule has 0 spiro atoms. The molecule has 0 unspecified atom stereocenters. The van der Waals surface area contributed by atoms with E-state index in [1.165, 1.54) is 0 Å². The molecule has 1 amide bonds. The number of amides is 1. The number of rotatable bonds is 7. The maximum absolute atomic E-state index is 12.5. The quantitative estimate of drug-likeness (QED) is 0.698. The number of aliphatic carboxylic acids is 1. The molecule has 2 heterocycles. The molecule has 2 aromatic heterocycles. The van der Waals surface area contributed by atoms with Crippen molar-refractivity contribution in [2.75, 3.05) is 5.32 Å². The van der Waals surface area contributed by atoms with Gasteiger partial charge in [0, 0.05) is 17.4 Å². The van der Waals surface area contributed by atoms with Crippen LogP contribution < -0.4 is 10.4 Å². The molecule has 6 heteroatoms. The molecule has 26 heavy (non-hydrogen) atoms. The third-order valence-electron chi connectivity index (χ3n) is 4.07. The highest BCUT2D eigenvalue weighted by atomic mass is 32.1. The molecule has 0 fully saturated rings. The van der Waals surface area contributed by atoms with Gasteiger partial charge in [-0.15, -0.1) is 11.3 Å². The number of aromatic nitrogens is 1. The van der Waals surface area contributed by atoms with Crippen LogP contribution in [0.3, 0.4) is 0 Å². The molecule has 1 aromatic carbocycles. The predicted octanol–water partition coefficient (Wildman–Crippen LogP) is 2.85. The molecule has 0 aliphatic heterocycles. The van der Waals surface area contributed by atoms with E-state index in [9.17, 15) is 14.7 Å². The summed E-state index contributed by atoms with van der Waals surface area (Å²) in [5.41, 5.74) is 3.57. The Morgan fingerprint density at radius 3 is 2.54 bits per heavy atom. The summed E-state index contributed by atoms with van der Waals surface area (Å²) in [4.78, 5) is 24.4. The van der Waals surface area contributed by atoms with Crippen LogP contribution in [0.4, 0.5) is 5.69 Å². The van der Waals surface area contributed by atoms with E-state index in [1.54, 1.807) is 11.3 Å². The molecular weight excluding hydrogens is 348 g/mol. The van der Waals surface area contributed by atoms with Gasteiger partial charge < -0.3 is 19.8 Å². The first-order chi connectivity index (χ1) is 12.5. The van der Waals surface area contributed by atoms with Gasteiger partial charge in [0.05, 0.1) is 10.6 Å². The van der Waals surface area contributed by atoms with Gasteiger partial charge in [-0.3, -0.25) is 4.79 Å². The fraction of sp³-hybridized carbons (Fsp3) is 0.200. The number of hydrogen-bond acceptors (Lipinski definition) is 4. The number of hydrogen-bond donors (Lipinski definition) is 1. The SMILES string of the molecule is Cc1ccc(NC(=O)Cn2c(CCC(=O)[O-])ccc2-c2cccs2)cc1. The first-order valence-electron chi connectivity index (χ1n) is 8.31. The Labute approximate surface area is 155 Å². The standard InChI is InChI=1S/C20H20N2O3S/c1-14-4-6-15(7-5-14)21-19(23)13-22-16(9-11-20(24)25)8-10-17(22)18-3-2-12-26-18/h2-8,10,12H,9,11,13H2,1H3,(H,21,23)(H,24,25)/p-1. The molecule has 1 N–H and O–H groups in total. The van der Waals surface area contributed by atoms with Crippen molar-refractivity contribution in [1.82, 2.24) is 4.57 Å². The molecule has 0 saturated carbocycles. The van der Waals surface area contributed by atoms with Gasteiger partial charge >= 0.3 is 0 Å². The lowest BCUT2D eigenvalue weighted by molar-refractivity contribution is -0.305. The van der Waals surface area contributed by atoms with Crippen molar-refractivity contribution in [3.63, 3.8) is 0 Å². The molecule has 0 radical (unpaired) electrons. The van der Waals surface area contributed by atoms with Crippen molar-refractivity contribution in [3.8, 4) is 10.6 Å². The summed E-state index contributed by atoms with van der Waals surface area (Å²) in [6, 6.07) is 15.3. The summed E-state index contributed by atoms with van der Waals surface area (Å²) in [5.74, 6) is -1.25. The maximum atomic E-state index is 12.5. The minimum Gasteiger partial charge on any atom is -0.550 e. The fourth-order valence-electron chi connectivity index (χ4n) is 2.77. The van der Waals surface area contributed by atoms with Crippen LogP contribution in [0.15, 0.2) is 53.9 Å². The molecule has 134 valence electrons. The topological polar surface area (TPSA) is 74.2 Å². The van der Waals surface area contributed by atoms with E-state index >= 15 is 0 Å². The van der Waals surface area contributed by atoms with Gasteiger partial charge in [-0.05, 0) is 55.5 Å². The van der Waals surface area contributed by atoms with Gasteiger partial charge in [-0.2, -0.15) is 0 Å². The molecule has 0 atom stereocenters. The molecule has 5 nitrogen and oxygen atoms in total. The van der Waals surface area contributed by atoms with E-state index in [4.69, 9.17) is 0 Å². The zero-order chi connectivity index (χ0) is 18.5. The monoisotopic (exact) mass is 367 g/mol. The molecule has 0 bridgehead atoms. The normalized spacial score (nSPS) is 10.7. The van der Waals surface area contributed by atoms with Gasteiger partial charge in [-0.1, -0.05) is 23.8 Å². The summed E-state index contributed by atoms with van der Waals surface area (Å²) >= 11 is 1.58.